The number of carboxylic acid groups (broad SMARTS) is 1. The number of rotatable bonds is 5. The molecular formula is C11H15NO3. The second-order valence-electron chi connectivity index (χ2n) is 3.43. The lowest BCUT2D eigenvalue weighted by Gasteiger charge is -2.08. The van der Waals surface area contributed by atoms with Crippen LogP contribution in [0, 0.1) is 5.92 Å². The first kappa shape index (κ1) is 11.5. The Morgan fingerprint density at radius 1 is 1.67 bits per heavy atom. The average molecular weight is 209 g/mol. The first-order chi connectivity index (χ1) is 7.15. The molecule has 4 nitrogen and oxygen atoms in total. The number of carbonyl (C=O) groups is 1. The van der Waals surface area contributed by atoms with Crippen molar-refractivity contribution in [1.82, 2.24) is 4.98 Å². The minimum atomic E-state index is -0.773. The molecule has 1 unspecified atom stereocenters. The van der Waals surface area contributed by atoms with Crippen molar-refractivity contribution in [1.29, 1.82) is 0 Å². The Bertz CT molecular complexity index is 338. The summed E-state index contributed by atoms with van der Waals surface area (Å²) in [4.78, 5) is 14.8. The second-order valence-corrected chi connectivity index (χ2v) is 3.43. The number of aryl methyl sites for hydroxylation is 1. The van der Waals surface area contributed by atoms with Gasteiger partial charge in [0.1, 0.15) is 5.75 Å². The van der Waals surface area contributed by atoms with Gasteiger partial charge in [-0.3, -0.25) is 9.78 Å². The number of pyridine rings is 1. The van der Waals surface area contributed by atoms with Gasteiger partial charge in [0, 0.05) is 6.20 Å². The summed E-state index contributed by atoms with van der Waals surface area (Å²) in [6, 6.07) is 3.62. The molecule has 0 aromatic carbocycles. The summed E-state index contributed by atoms with van der Waals surface area (Å²) in [7, 11) is 1.58. The average Bonchev–Trinajstić information content (AvgIpc) is 2.26. The van der Waals surface area contributed by atoms with E-state index in [2.05, 4.69) is 4.98 Å². The Hall–Kier alpha value is -1.58. The van der Waals surface area contributed by atoms with Crippen molar-refractivity contribution < 1.29 is 14.6 Å². The lowest BCUT2D eigenvalue weighted by atomic mass is 10.0. The molecule has 0 fully saturated rings. The van der Waals surface area contributed by atoms with E-state index in [9.17, 15) is 4.79 Å². The molecule has 0 aliphatic heterocycles. The van der Waals surface area contributed by atoms with E-state index >= 15 is 0 Å². The van der Waals surface area contributed by atoms with Crippen molar-refractivity contribution in [2.45, 2.75) is 19.8 Å². The minimum Gasteiger partial charge on any atom is -0.495 e. The zero-order valence-electron chi connectivity index (χ0n) is 8.93. The summed E-state index contributed by atoms with van der Waals surface area (Å²) in [5, 5.41) is 8.73. The maximum Gasteiger partial charge on any atom is 0.306 e. The number of aliphatic carboxylic acids is 1. The monoisotopic (exact) mass is 209 g/mol. The number of hydrogen-bond acceptors (Lipinski definition) is 3. The molecule has 1 aromatic heterocycles. The molecule has 15 heavy (non-hydrogen) atoms. The fourth-order valence-corrected chi connectivity index (χ4v) is 1.27. The molecule has 4 heteroatoms. The molecule has 0 radical (unpaired) electrons. The summed E-state index contributed by atoms with van der Waals surface area (Å²) in [6.45, 7) is 1.69. The van der Waals surface area contributed by atoms with Crippen LogP contribution in [0.5, 0.6) is 5.75 Å². The quantitative estimate of drug-likeness (QED) is 0.802. The molecule has 0 amide bonds. The third kappa shape index (κ3) is 3.23. The summed E-state index contributed by atoms with van der Waals surface area (Å²) in [5.41, 5.74) is 0.813. The summed E-state index contributed by atoms with van der Waals surface area (Å²) in [6.07, 6.45) is 2.88. The molecule has 1 heterocycles. The van der Waals surface area contributed by atoms with E-state index in [0.717, 1.165) is 11.4 Å². The van der Waals surface area contributed by atoms with Crippen LogP contribution in [0.15, 0.2) is 18.3 Å². The Balaban J connectivity index is 2.60. The predicted molar refractivity (Wildman–Crippen MR) is 55.9 cm³/mol. The van der Waals surface area contributed by atoms with Crippen LogP contribution in [0.2, 0.25) is 0 Å². The Labute approximate surface area is 88.9 Å². The fraction of sp³-hybridized carbons (Fsp3) is 0.455. The number of aromatic nitrogens is 1. The number of carboxylic acids is 1. The maximum atomic E-state index is 10.6. The van der Waals surface area contributed by atoms with E-state index in [-0.39, 0.29) is 5.92 Å². The Morgan fingerprint density at radius 2 is 2.40 bits per heavy atom. The number of methoxy groups -OCH3 is 1. The molecule has 0 spiro atoms. The smallest absolute Gasteiger partial charge is 0.306 e. The van der Waals surface area contributed by atoms with Gasteiger partial charge in [0.15, 0.2) is 0 Å². The normalized spacial score (nSPS) is 12.1. The Morgan fingerprint density at radius 3 is 3.00 bits per heavy atom. The number of nitrogens with zero attached hydrogens (tertiary/aromatic N) is 1. The predicted octanol–water partition coefficient (Wildman–Crippen LogP) is 1.74. The van der Waals surface area contributed by atoms with Crippen LogP contribution in [0.25, 0.3) is 0 Å². The van der Waals surface area contributed by atoms with Gasteiger partial charge in [-0.15, -0.1) is 0 Å². The molecule has 0 aliphatic rings. The highest BCUT2D eigenvalue weighted by Gasteiger charge is 2.12. The van der Waals surface area contributed by atoms with Gasteiger partial charge in [-0.2, -0.15) is 0 Å². The van der Waals surface area contributed by atoms with E-state index < -0.39 is 5.97 Å². The molecule has 0 saturated heterocycles. The molecule has 1 aromatic rings. The first-order valence-corrected chi connectivity index (χ1v) is 4.86. The zero-order valence-corrected chi connectivity index (χ0v) is 8.93. The maximum absolute atomic E-state index is 10.6. The molecule has 1 atom stereocenters. The van der Waals surface area contributed by atoms with Gasteiger partial charge in [-0.1, -0.05) is 6.92 Å². The van der Waals surface area contributed by atoms with Gasteiger partial charge < -0.3 is 9.84 Å². The van der Waals surface area contributed by atoms with Crippen molar-refractivity contribution in [2.75, 3.05) is 7.11 Å². The van der Waals surface area contributed by atoms with Crippen molar-refractivity contribution in [3.63, 3.8) is 0 Å². The SMILES string of the molecule is COc1cccnc1CCC(C)C(=O)O. The molecule has 0 aliphatic carbocycles. The van der Waals surface area contributed by atoms with Gasteiger partial charge in [0.25, 0.3) is 0 Å². The highest BCUT2D eigenvalue weighted by Crippen LogP contribution is 2.18. The van der Waals surface area contributed by atoms with Crippen LogP contribution in [0.4, 0.5) is 0 Å². The summed E-state index contributed by atoms with van der Waals surface area (Å²) >= 11 is 0. The molecule has 1 N–H and O–H groups in total. The van der Waals surface area contributed by atoms with Crippen molar-refractivity contribution in [3.8, 4) is 5.75 Å². The lowest BCUT2D eigenvalue weighted by Crippen LogP contribution is -2.10. The van der Waals surface area contributed by atoms with Gasteiger partial charge in [0.05, 0.1) is 18.7 Å². The molecular weight excluding hydrogens is 194 g/mol. The van der Waals surface area contributed by atoms with Gasteiger partial charge in [-0.05, 0) is 25.0 Å². The van der Waals surface area contributed by atoms with Crippen LogP contribution in [-0.2, 0) is 11.2 Å². The van der Waals surface area contributed by atoms with Gasteiger partial charge >= 0.3 is 5.97 Å². The van der Waals surface area contributed by atoms with Crippen LogP contribution in [-0.4, -0.2) is 23.2 Å². The number of hydrogen-bond donors (Lipinski definition) is 1. The van der Waals surface area contributed by atoms with E-state index in [4.69, 9.17) is 9.84 Å². The van der Waals surface area contributed by atoms with Crippen LogP contribution in [0.1, 0.15) is 19.0 Å². The number of ether oxygens (including phenoxy) is 1. The second kappa shape index (κ2) is 5.34. The minimum absolute atomic E-state index is 0.350. The third-order valence-electron chi connectivity index (χ3n) is 2.30. The molecule has 0 saturated carbocycles. The van der Waals surface area contributed by atoms with E-state index in [1.54, 1.807) is 26.3 Å². The van der Waals surface area contributed by atoms with E-state index in [1.807, 2.05) is 6.07 Å². The zero-order chi connectivity index (χ0) is 11.3. The van der Waals surface area contributed by atoms with Gasteiger partial charge in [-0.25, -0.2) is 0 Å². The first-order valence-electron chi connectivity index (χ1n) is 4.86. The standard InChI is InChI=1S/C11H15NO3/c1-8(11(13)14)5-6-9-10(15-2)4-3-7-12-9/h3-4,7-8H,5-6H2,1-2H3,(H,13,14). The van der Waals surface area contributed by atoms with Crippen molar-refractivity contribution in [2.24, 2.45) is 5.92 Å². The fourth-order valence-electron chi connectivity index (χ4n) is 1.27. The molecule has 1 rings (SSSR count). The largest absolute Gasteiger partial charge is 0.495 e. The highest BCUT2D eigenvalue weighted by molar-refractivity contribution is 5.69. The summed E-state index contributed by atoms with van der Waals surface area (Å²) < 4.78 is 5.13. The molecule has 0 bridgehead atoms. The van der Waals surface area contributed by atoms with E-state index in [1.165, 1.54) is 0 Å². The van der Waals surface area contributed by atoms with Crippen LogP contribution < -0.4 is 4.74 Å². The third-order valence-corrected chi connectivity index (χ3v) is 2.30. The Kier molecular flexibility index (Phi) is 4.09. The van der Waals surface area contributed by atoms with Crippen molar-refractivity contribution in [3.05, 3.63) is 24.0 Å². The van der Waals surface area contributed by atoms with Crippen LogP contribution >= 0.6 is 0 Å². The molecule has 82 valence electrons. The van der Waals surface area contributed by atoms with Gasteiger partial charge in [0.2, 0.25) is 0 Å². The van der Waals surface area contributed by atoms with E-state index in [0.29, 0.717) is 12.8 Å². The highest BCUT2D eigenvalue weighted by atomic mass is 16.5. The van der Waals surface area contributed by atoms with Crippen LogP contribution in [0.3, 0.4) is 0 Å². The lowest BCUT2D eigenvalue weighted by molar-refractivity contribution is -0.141. The summed E-state index contributed by atoms with van der Waals surface area (Å²) in [5.74, 6) is -0.406. The topological polar surface area (TPSA) is 59.4 Å². The van der Waals surface area contributed by atoms with Crippen molar-refractivity contribution >= 4 is 5.97 Å².